The number of piperidine rings is 1. The van der Waals surface area contributed by atoms with E-state index in [0.717, 1.165) is 30.9 Å². The van der Waals surface area contributed by atoms with Crippen molar-refractivity contribution in [3.63, 3.8) is 0 Å². The molecular formula is C20H27N5O. The highest BCUT2D eigenvalue weighted by Crippen LogP contribution is 2.18. The molecule has 4 rings (SSSR count). The van der Waals surface area contributed by atoms with Crippen molar-refractivity contribution in [2.45, 2.75) is 25.8 Å². The van der Waals surface area contributed by atoms with Gasteiger partial charge in [-0.15, -0.1) is 0 Å². The lowest BCUT2D eigenvalue weighted by atomic mass is 10.00. The van der Waals surface area contributed by atoms with Crippen molar-refractivity contribution in [3.05, 3.63) is 47.0 Å². The molecule has 6 heteroatoms. The summed E-state index contributed by atoms with van der Waals surface area (Å²) in [5.74, 6) is 0.519. The van der Waals surface area contributed by atoms with Crippen molar-refractivity contribution in [2.24, 2.45) is 5.92 Å². The van der Waals surface area contributed by atoms with Crippen LogP contribution in [0.4, 0.5) is 0 Å². The number of nitrogens with zero attached hydrogens (tertiary/aromatic N) is 5. The maximum absolute atomic E-state index is 12.2. The van der Waals surface area contributed by atoms with E-state index in [-0.39, 0.29) is 5.56 Å². The molecule has 0 aromatic carbocycles. The zero-order valence-corrected chi connectivity index (χ0v) is 15.3. The van der Waals surface area contributed by atoms with Crippen LogP contribution in [-0.4, -0.2) is 63.8 Å². The van der Waals surface area contributed by atoms with Gasteiger partial charge in [0.25, 0.3) is 5.56 Å². The Morgan fingerprint density at radius 3 is 2.58 bits per heavy atom. The van der Waals surface area contributed by atoms with Gasteiger partial charge in [-0.3, -0.25) is 9.78 Å². The molecule has 4 heterocycles. The van der Waals surface area contributed by atoms with Gasteiger partial charge in [-0.2, -0.15) is 5.10 Å². The number of likely N-dealkylation sites (tertiary alicyclic amines) is 2. The molecule has 2 aromatic rings. The second kappa shape index (κ2) is 8.10. The van der Waals surface area contributed by atoms with Gasteiger partial charge in [0.1, 0.15) is 0 Å². The monoisotopic (exact) mass is 353 g/mol. The van der Waals surface area contributed by atoms with E-state index in [4.69, 9.17) is 0 Å². The molecule has 26 heavy (non-hydrogen) atoms. The minimum absolute atomic E-state index is 0.0237. The molecular weight excluding hydrogens is 326 g/mol. The third-order valence-electron chi connectivity index (χ3n) is 5.47. The highest BCUT2D eigenvalue weighted by molar-refractivity contribution is 5.56. The van der Waals surface area contributed by atoms with Gasteiger partial charge in [0.2, 0.25) is 0 Å². The molecule has 0 radical (unpaired) electrons. The SMILES string of the molecule is O=c1ccc(-c2cccnc2)nn1CC1CN(CCN2CCCCC2)C1. The van der Waals surface area contributed by atoms with E-state index in [9.17, 15) is 4.79 Å². The average molecular weight is 353 g/mol. The minimum atomic E-state index is -0.0237. The van der Waals surface area contributed by atoms with Crippen LogP contribution in [0.1, 0.15) is 19.3 Å². The van der Waals surface area contributed by atoms with Gasteiger partial charge < -0.3 is 9.80 Å². The summed E-state index contributed by atoms with van der Waals surface area (Å²) in [6, 6.07) is 7.25. The predicted octanol–water partition coefficient (Wildman–Crippen LogP) is 1.72. The molecule has 2 saturated heterocycles. The third kappa shape index (κ3) is 4.19. The molecule has 2 aliphatic heterocycles. The summed E-state index contributed by atoms with van der Waals surface area (Å²) in [6.45, 7) is 7.69. The van der Waals surface area contributed by atoms with Crippen molar-refractivity contribution in [1.29, 1.82) is 0 Å². The Labute approximate surface area is 154 Å². The van der Waals surface area contributed by atoms with Gasteiger partial charge in [0, 0.05) is 56.1 Å². The van der Waals surface area contributed by atoms with Gasteiger partial charge in [0.05, 0.1) is 12.2 Å². The van der Waals surface area contributed by atoms with Crippen LogP contribution in [-0.2, 0) is 6.54 Å². The Kier molecular flexibility index (Phi) is 5.41. The van der Waals surface area contributed by atoms with Crippen LogP contribution in [0.25, 0.3) is 11.3 Å². The lowest BCUT2D eigenvalue weighted by Crippen LogP contribution is -2.52. The van der Waals surface area contributed by atoms with E-state index in [1.807, 2.05) is 12.1 Å². The fourth-order valence-electron chi connectivity index (χ4n) is 3.93. The first-order valence-corrected chi connectivity index (χ1v) is 9.71. The summed E-state index contributed by atoms with van der Waals surface area (Å²) in [5, 5.41) is 4.55. The standard InChI is InChI=1S/C20H27N5O/c26-20-7-6-19(18-5-4-8-21-13-18)22-25(20)16-17-14-24(15-17)12-11-23-9-2-1-3-10-23/h4-8,13,17H,1-3,9-12,14-16H2. The number of hydrogen-bond acceptors (Lipinski definition) is 5. The van der Waals surface area contributed by atoms with E-state index in [1.54, 1.807) is 29.2 Å². The van der Waals surface area contributed by atoms with Gasteiger partial charge in [-0.05, 0) is 44.1 Å². The van der Waals surface area contributed by atoms with Gasteiger partial charge in [-0.25, -0.2) is 4.68 Å². The van der Waals surface area contributed by atoms with Crippen LogP contribution in [0.3, 0.4) is 0 Å². The second-order valence-corrected chi connectivity index (χ2v) is 7.51. The van der Waals surface area contributed by atoms with Crippen molar-refractivity contribution in [1.82, 2.24) is 24.6 Å². The van der Waals surface area contributed by atoms with Crippen LogP contribution in [0.2, 0.25) is 0 Å². The number of hydrogen-bond donors (Lipinski definition) is 0. The topological polar surface area (TPSA) is 54.3 Å². The summed E-state index contributed by atoms with van der Waals surface area (Å²) < 4.78 is 1.62. The Bertz CT molecular complexity index is 763. The lowest BCUT2D eigenvalue weighted by Gasteiger charge is -2.40. The molecule has 0 saturated carbocycles. The molecule has 6 nitrogen and oxygen atoms in total. The van der Waals surface area contributed by atoms with Gasteiger partial charge >= 0.3 is 0 Å². The first kappa shape index (κ1) is 17.4. The van der Waals surface area contributed by atoms with E-state index in [0.29, 0.717) is 12.5 Å². The minimum Gasteiger partial charge on any atom is -0.302 e. The summed E-state index contributed by atoms with van der Waals surface area (Å²) in [4.78, 5) is 21.4. The smallest absolute Gasteiger partial charge is 0.266 e. The van der Waals surface area contributed by atoms with Gasteiger partial charge in [-0.1, -0.05) is 6.42 Å². The van der Waals surface area contributed by atoms with Crippen LogP contribution in [0.5, 0.6) is 0 Å². The summed E-state index contributed by atoms with van der Waals surface area (Å²) in [7, 11) is 0. The van der Waals surface area contributed by atoms with Gasteiger partial charge in [0.15, 0.2) is 0 Å². The molecule has 0 aliphatic carbocycles. The van der Waals surface area contributed by atoms with Crippen molar-refractivity contribution < 1.29 is 0 Å². The summed E-state index contributed by atoms with van der Waals surface area (Å²) >= 11 is 0. The van der Waals surface area contributed by atoms with Crippen LogP contribution in [0.15, 0.2) is 41.5 Å². The van der Waals surface area contributed by atoms with E-state index >= 15 is 0 Å². The Morgan fingerprint density at radius 2 is 1.81 bits per heavy atom. The molecule has 0 bridgehead atoms. The van der Waals surface area contributed by atoms with Crippen LogP contribution < -0.4 is 5.56 Å². The highest BCUT2D eigenvalue weighted by atomic mass is 16.1. The van der Waals surface area contributed by atoms with E-state index in [2.05, 4.69) is 19.9 Å². The molecule has 0 N–H and O–H groups in total. The first-order valence-electron chi connectivity index (χ1n) is 9.71. The Hall–Kier alpha value is -2.05. The molecule has 2 fully saturated rings. The molecule has 0 spiro atoms. The fourth-order valence-corrected chi connectivity index (χ4v) is 3.93. The first-order chi connectivity index (χ1) is 12.8. The zero-order chi connectivity index (χ0) is 17.8. The third-order valence-corrected chi connectivity index (χ3v) is 5.47. The normalized spacial score (nSPS) is 19.4. The maximum atomic E-state index is 12.2. The number of aromatic nitrogens is 3. The maximum Gasteiger partial charge on any atom is 0.266 e. The Morgan fingerprint density at radius 1 is 1.00 bits per heavy atom. The largest absolute Gasteiger partial charge is 0.302 e. The fraction of sp³-hybridized carbons (Fsp3) is 0.550. The van der Waals surface area contributed by atoms with Crippen molar-refractivity contribution in [2.75, 3.05) is 39.3 Å². The van der Waals surface area contributed by atoms with E-state index in [1.165, 1.54) is 38.9 Å². The second-order valence-electron chi connectivity index (χ2n) is 7.51. The predicted molar refractivity (Wildman–Crippen MR) is 102 cm³/mol. The molecule has 2 aromatic heterocycles. The Balaban J connectivity index is 1.29. The highest BCUT2D eigenvalue weighted by Gasteiger charge is 2.27. The summed E-state index contributed by atoms with van der Waals surface area (Å²) in [5.41, 5.74) is 1.72. The van der Waals surface area contributed by atoms with Crippen LogP contribution in [0, 0.1) is 5.92 Å². The number of pyridine rings is 1. The molecule has 0 atom stereocenters. The van der Waals surface area contributed by atoms with Crippen molar-refractivity contribution in [3.8, 4) is 11.3 Å². The van der Waals surface area contributed by atoms with Crippen LogP contribution >= 0.6 is 0 Å². The average Bonchev–Trinajstić information content (AvgIpc) is 2.66. The molecule has 2 aliphatic rings. The molecule has 0 amide bonds. The molecule has 0 unspecified atom stereocenters. The lowest BCUT2D eigenvalue weighted by molar-refractivity contribution is 0.0686. The zero-order valence-electron chi connectivity index (χ0n) is 15.3. The summed E-state index contributed by atoms with van der Waals surface area (Å²) in [6.07, 6.45) is 7.62. The number of rotatable bonds is 6. The quantitative estimate of drug-likeness (QED) is 0.792. The van der Waals surface area contributed by atoms with Crippen molar-refractivity contribution >= 4 is 0 Å². The van der Waals surface area contributed by atoms with E-state index < -0.39 is 0 Å². The molecule has 138 valence electrons.